The van der Waals surface area contributed by atoms with Crippen molar-refractivity contribution in [2.24, 2.45) is 0 Å². The minimum Gasteiger partial charge on any atom is -0.338 e. The van der Waals surface area contributed by atoms with Gasteiger partial charge in [0.05, 0.1) is 0 Å². The molecule has 0 amide bonds. The number of hydrogen-bond donors (Lipinski definition) is 0. The molecule has 188 valence electrons. The lowest BCUT2D eigenvalue weighted by atomic mass is 9.59. The van der Waals surface area contributed by atoms with Crippen LogP contribution < -0.4 is 0 Å². The van der Waals surface area contributed by atoms with Gasteiger partial charge in [0, 0.05) is 39.3 Å². The van der Waals surface area contributed by atoms with Crippen LogP contribution in [0.1, 0.15) is 40.9 Å². The molecule has 0 aliphatic carbocycles. The first-order chi connectivity index (χ1) is 18.7. The largest absolute Gasteiger partial charge is 0.338 e. The highest BCUT2D eigenvalue weighted by Crippen LogP contribution is 2.35. The molecular weight excluding hydrogens is 475 g/mol. The van der Waals surface area contributed by atoms with E-state index in [4.69, 9.17) is 4.98 Å². The number of imidazole rings is 1. The lowest BCUT2D eigenvalue weighted by Gasteiger charge is -2.31. The number of benzene rings is 4. The molecule has 0 unspecified atom stereocenters. The fraction of sp³-hybridized carbons (Fsp3) is 0.147. The molecule has 2 nitrogen and oxygen atoms in total. The molecule has 4 aromatic carbocycles. The van der Waals surface area contributed by atoms with Gasteiger partial charge in [-0.2, -0.15) is 0 Å². The summed E-state index contributed by atoms with van der Waals surface area (Å²) in [6, 6.07) is 44.5. The van der Waals surface area contributed by atoms with Crippen molar-refractivity contribution < 1.29 is 0 Å². The third-order valence-electron chi connectivity index (χ3n) is 7.66. The standard InChI is InChI=1S/C34H35BN2Si/c1-27(32(28-14-6-2-7-15-28)29-16-8-3-9-17-29)22-25-38-26-37-24-23-36-33(37)34(35,30-18-10-4-11-19-30)31-20-12-5-13-21-31/h2-24,32H,25-26,35,38H2,1H3. The monoisotopic (exact) mass is 510 g/mol. The summed E-state index contributed by atoms with van der Waals surface area (Å²) in [5.41, 5.74) is 6.67. The van der Waals surface area contributed by atoms with Gasteiger partial charge >= 0.3 is 0 Å². The third kappa shape index (κ3) is 5.51. The predicted molar refractivity (Wildman–Crippen MR) is 165 cm³/mol. The van der Waals surface area contributed by atoms with E-state index in [0.29, 0.717) is 5.92 Å². The van der Waals surface area contributed by atoms with Crippen LogP contribution in [0.2, 0.25) is 6.04 Å². The van der Waals surface area contributed by atoms with Crippen molar-refractivity contribution in [2.45, 2.75) is 30.4 Å². The Balaban J connectivity index is 1.36. The molecule has 1 heterocycles. The predicted octanol–water partition coefficient (Wildman–Crippen LogP) is 6.13. The Hall–Kier alpha value is -3.89. The van der Waals surface area contributed by atoms with Crippen LogP contribution >= 0.6 is 0 Å². The first-order valence-corrected chi connectivity index (χ1v) is 15.6. The van der Waals surface area contributed by atoms with Crippen LogP contribution in [0.5, 0.6) is 0 Å². The molecule has 0 saturated heterocycles. The molecule has 0 spiro atoms. The summed E-state index contributed by atoms with van der Waals surface area (Å²) in [6.07, 6.45) is 7.69. The number of allylic oxidation sites excluding steroid dienone is 2. The van der Waals surface area contributed by atoms with Gasteiger partial charge < -0.3 is 4.57 Å². The SMILES string of the molecule is BC(c1ccccc1)(c1ccccc1)c1nccn1C[SiH2]CC=C(C)C(c1ccccc1)c1ccccc1. The normalized spacial score (nSPS) is 12.4. The van der Waals surface area contributed by atoms with E-state index in [0.717, 1.165) is 18.0 Å². The Kier molecular flexibility index (Phi) is 8.20. The molecule has 0 aliphatic rings. The maximum atomic E-state index is 4.93. The number of aromatic nitrogens is 2. The average molecular weight is 511 g/mol. The second-order valence-corrected chi connectivity index (χ2v) is 11.9. The second-order valence-electron chi connectivity index (χ2n) is 10.1. The molecule has 0 bridgehead atoms. The van der Waals surface area contributed by atoms with Crippen LogP contribution in [0, 0.1) is 0 Å². The van der Waals surface area contributed by atoms with Crippen LogP contribution in [-0.2, 0) is 11.5 Å². The molecular formula is C34H35BN2Si. The summed E-state index contributed by atoms with van der Waals surface area (Å²) in [7, 11) is 1.93. The summed E-state index contributed by atoms with van der Waals surface area (Å²) >= 11 is 0. The first kappa shape index (κ1) is 25.7. The van der Waals surface area contributed by atoms with Gasteiger partial charge in [-0.3, -0.25) is 0 Å². The summed E-state index contributed by atoms with van der Waals surface area (Å²) in [5, 5.41) is -0.308. The Labute approximate surface area is 230 Å². The van der Waals surface area contributed by atoms with E-state index in [1.165, 1.54) is 27.8 Å². The van der Waals surface area contributed by atoms with Gasteiger partial charge in [0.25, 0.3) is 0 Å². The van der Waals surface area contributed by atoms with Crippen LogP contribution in [-0.4, -0.2) is 26.9 Å². The molecule has 0 atom stereocenters. The van der Waals surface area contributed by atoms with Crippen molar-refractivity contribution in [3.8, 4) is 0 Å². The Bertz CT molecular complexity index is 1370. The summed E-state index contributed by atoms with van der Waals surface area (Å²) < 4.78 is 2.40. The highest BCUT2D eigenvalue weighted by Gasteiger charge is 2.34. The maximum Gasteiger partial charge on any atom is 0.130 e. The summed E-state index contributed by atoms with van der Waals surface area (Å²) in [6.45, 7) is 2.30. The van der Waals surface area contributed by atoms with E-state index in [9.17, 15) is 0 Å². The minimum atomic E-state index is -0.385. The highest BCUT2D eigenvalue weighted by molar-refractivity contribution is 6.34. The number of nitrogens with zero attached hydrogens (tertiary/aromatic N) is 2. The Morgan fingerprint density at radius 2 is 1.26 bits per heavy atom. The van der Waals surface area contributed by atoms with Crippen LogP contribution in [0.15, 0.2) is 145 Å². The van der Waals surface area contributed by atoms with Crippen molar-refractivity contribution in [2.75, 3.05) is 0 Å². The molecule has 0 N–H and O–H groups in total. The van der Waals surface area contributed by atoms with Crippen LogP contribution in [0.3, 0.4) is 0 Å². The van der Waals surface area contributed by atoms with E-state index in [1.54, 1.807) is 0 Å². The van der Waals surface area contributed by atoms with Gasteiger partial charge in [0.1, 0.15) is 13.7 Å². The molecule has 0 aliphatic heterocycles. The first-order valence-electron chi connectivity index (χ1n) is 13.6. The maximum absolute atomic E-state index is 4.93. The van der Waals surface area contributed by atoms with Crippen molar-refractivity contribution in [1.82, 2.24) is 9.55 Å². The zero-order valence-corrected chi connectivity index (χ0v) is 23.8. The summed E-state index contributed by atoms with van der Waals surface area (Å²) in [4.78, 5) is 4.93. The molecule has 1 aromatic heterocycles. The van der Waals surface area contributed by atoms with Gasteiger partial charge in [-0.15, -0.1) is 0 Å². The Morgan fingerprint density at radius 3 is 1.76 bits per heavy atom. The minimum absolute atomic E-state index is 0.301. The molecule has 0 fully saturated rings. The van der Waals surface area contributed by atoms with Crippen molar-refractivity contribution in [1.29, 1.82) is 0 Å². The molecule has 4 heteroatoms. The van der Waals surface area contributed by atoms with Gasteiger partial charge in [-0.05, 0) is 35.2 Å². The lowest BCUT2D eigenvalue weighted by Crippen LogP contribution is -2.34. The topological polar surface area (TPSA) is 17.8 Å². The van der Waals surface area contributed by atoms with Gasteiger partial charge in [-0.1, -0.05) is 133 Å². The molecule has 0 radical (unpaired) electrons. The zero-order chi connectivity index (χ0) is 26.2. The van der Waals surface area contributed by atoms with E-state index < -0.39 is 0 Å². The third-order valence-corrected chi connectivity index (χ3v) is 9.15. The average Bonchev–Trinajstić information content (AvgIpc) is 3.46. The fourth-order valence-electron chi connectivity index (χ4n) is 5.61. The second kappa shape index (κ2) is 12.1. The van der Waals surface area contributed by atoms with E-state index in [2.05, 4.69) is 153 Å². The Morgan fingerprint density at radius 1 is 0.789 bits per heavy atom. The molecule has 5 rings (SSSR count). The van der Waals surface area contributed by atoms with Gasteiger partial charge in [0.2, 0.25) is 0 Å². The van der Waals surface area contributed by atoms with Crippen molar-refractivity contribution >= 4 is 17.4 Å². The number of rotatable bonds is 10. The van der Waals surface area contributed by atoms with Crippen molar-refractivity contribution in [3.63, 3.8) is 0 Å². The quantitative estimate of drug-likeness (QED) is 0.126. The van der Waals surface area contributed by atoms with E-state index in [-0.39, 0.29) is 14.8 Å². The van der Waals surface area contributed by atoms with Crippen molar-refractivity contribution in [3.05, 3.63) is 173 Å². The van der Waals surface area contributed by atoms with E-state index in [1.807, 2.05) is 6.20 Å². The fourth-order valence-corrected chi connectivity index (χ4v) is 7.16. The highest BCUT2D eigenvalue weighted by atomic mass is 28.2. The van der Waals surface area contributed by atoms with Gasteiger partial charge in [-0.25, -0.2) is 4.98 Å². The van der Waals surface area contributed by atoms with Gasteiger partial charge in [0.15, 0.2) is 0 Å². The smallest absolute Gasteiger partial charge is 0.130 e. The van der Waals surface area contributed by atoms with E-state index >= 15 is 0 Å². The summed E-state index contributed by atoms with van der Waals surface area (Å²) in [5.74, 6) is 1.42. The molecule has 5 aromatic rings. The number of hydrogen-bond acceptors (Lipinski definition) is 1. The molecule has 38 heavy (non-hydrogen) atoms. The lowest BCUT2D eigenvalue weighted by molar-refractivity contribution is 0.700. The van der Waals surface area contributed by atoms with Crippen LogP contribution in [0.4, 0.5) is 0 Å². The molecule has 0 saturated carbocycles. The van der Waals surface area contributed by atoms with Crippen LogP contribution in [0.25, 0.3) is 0 Å². The zero-order valence-electron chi connectivity index (χ0n) is 22.4.